The Morgan fingerprint density at radius 2 is 2.08 bits per heavy atom. The first-order chi connectivity index (χ1) is 12.5. The molecule has 1 saturated heterocycles. The zero-order valence-electron chi connectivity index (χ0n) is 14.6. The number of halogens is 1. The van der Waals surface area contributed by atoms with Crippen molar-refractivity contribution in [2.45, 2.75) is 19.5 Å². The van der Waals surface area contributed by atoms with Crippen molar-refractivity contribution in [3.63, 3.8) is 0 Å². The number of H-pyrrole nitrogens is 1. The lowest BCUT2D eigenvalue weighted by Crippen LogP contribution is -2.46. The second-order valence-electron chi connectivity index (χ2n) is 6.33. The molecule has 9 heteroatoms. The van der Waals surface area contributed by atoms with E-state index in [0.717, 1.165) is 38.4 Å². The predicted molar refractivity (Wildman–Crippen MR) is 103 cm³/mol. The van der Waals surface area contributed by atoms with E-state index in [1.807, 2.05) is 19.1 Å². The van der Waals surface area contributed by atoms with E-state index in [0.29, 0.717) is 15.6 Å². The number of nitrogens with one attached hydrogen (secondary N) is 2. The van der Waals surface area contributed by atoms with Crippen molar-refractivity contribution in [3.05, 3.63) is 34.1 Å². The van der Waals surface area contributed by atoms with Gasteiger partial charge in [0.1, 0.15) is 6.54 Å². The molecule has 7 nitrogen and oxygen atoms in total. The molecule has 0 bridgehead atoms. The summed E-state index contributed by atoms with van der Waals surface area (Å²) in [5.41, 5.74) is 0.843. The van der Waals surface area contributed by atoms with Crippen LogP contribution in [0, 0.1) is 4.77 Å². The third-order valence-corrected chi connectivity index (χ3v) is 4.77. The minimum absolute atomic E-state index is 0.0423. The number of aromatic amines is 1. The maximum atomic E-state index is 12.5. The second-order valence-corrected chi connectivity index (χ2v) is 7.15. The topological polar surface area (TPSA) is 75.2 Å². The lowest BCUT2D eigenvalue weighted by molar-refractivity contribution is -0.122. The first-order valence-electron chi connectivity index (χ1n) is 8.53. The number of ether oxygens (including phenoxy) is 1. The van der Waals surface area contributed by atoms with Crippen LogP contribution in [0.15, 0.2) is 24.3 Å². The number of carbonyl (C=O) groups is 1. The van der Waals surface area contributed by atoms with Crippen LogP contribution >= 0.6 is 23.8 Å². The third kappa shape index (κ3) is 4.91. The first-order valence-corrected chi connectivity index (χ1v) is 9.32. The number of rotatable bonds is 6. The van der Waals surface area contributed by atoms with Crippen LogP contribution in [0.25, 0.3) is 11.4 Å². The van der Waals surface area contributed by atoms with E-state index in [-0.39, 0.29) is 18.5 Å². The minimum Gasteiger partial charge on any atom is -0.379 e. The molecular formula is C17H22ClN5O2S. The molecule has 1 aromatic heterocycles. The fourth-order valence-corrected chi connectivity index (χ4v) is 3.29. The molecule has 0 saturated carbocycles. The van der Waals surface area contributed by atoms with Crippen molar-refractivity contribution < 1.29 is 9.53 Å². The van der Waals surface area contributed by atoms with Gasteiger partial charge in [0.15, 0.2) is 10.6 Å². The van der Waals surface area contributed by atoms with Gasteiger partial charge >= 0.3 is 0 Å². The third-order valence-electron chi connectivity index (χ3n) is 4.21. The highest BCUT2D eigenvalue weighted by molar-refractivity contribution is 7.71. The summed E-state index contributed by atoms with van der Waals surface area (Å²) >= 11 is 11.2. The quantitative estimate of drug-likeness (QED) is 0.732. The Morgan fingerprint density at radius 1 is 1.38 bits per heavy atom. The Morgan fingerprint density at radius 3 is 2.77 bits per heavy atom. The fourth-order valence-electron chi connectivity index (χ4n) is 2.96. The molecule has 0 spiro atoms. The molecule has 1 aliphatic heterocycles. The van der Waals surface area contributed by atoms with Crippen molar-refractivity contribution in [1.82, 2.24) is 25.0 Å². The largest absolute Gasteiger partial charge is 0.379 e. The highest BCUT2D eigenvalue weighted by atomic mass is 35.5. The van der Waals surface area contributed by atoms with Gasteiger partial charge in [-0.3, -0.25) is 19.4 Å². The normalized spacial score (nSPS) is 16.4. The molecule has 2 N–H and O–H groups in total. The smallest absolute Gasteiger partial charge is 0.240 e. The van der Waals surface area contributed by atoms with Gasteiger partial charge in [-0.15, -0.1) is 0 Å². The van der Waals surface area contributed by atoms with Gasteiger partial charge in [0, 0.05) is 36.3 Å². The summed E-state index contributed by atoms with van der Waals surface area (Å²) in [5.74, 6) is 0.515. The molecule has 1 unspecified atom stereocenters. The number of amides is 1. The van der Waals surface area contributed by atoms with Crippen LogP contribution in [0.3, 0.4) is 0 Å². The van der Waals surface area contributed by atoms with Crippen LogP contribution in [0.4, 0.5) is 0 Å². The summed E-state index contributed by atoms with van der Waals surface area (Å²) in [6, 6.07) is 7.30. The van der Waals surface area contributed by atoms with E-state index in [1.54, 1.807) is 16.7 Å². The molecule has 0 radical (unpaired) electrons. The van der Waals surface area contributed by atoms with Crippen molar-refractivity contribution >= 4 is 29.7 Å². The van der Waals surface area contributed by atoms with E-state index in [9.17, 15) is 4.79 Å². The highest BCUT2D eigenvalue weighted by Gasteiger charge is 2.17. The number of carbonyl (C=O) groups excluding carboxylic acids is 1. The molecule has 1 aromatic carbocycles. The predicted octanol–water partition coefficient (Wildman–Crippen LogP) is 2.10. The van der Waals surface area contributed by atoms with E-state index in [1.165, 1.54) is 0 Å². The van der Waals surface area contributed by atoms with Gasteiger partial charge in [-0.05, 0) is 43.4 Å². The monoisotopic (exact) mass is 395 g/mol. The number of benzene rings is 1. The zero-order chi connectivity index (χ0) is 18.5. The van der Waals surface area contributed by atoms with Gasteiger partial charge in [-0.2, -0.15) is 5.10 Å². The van der Waals surface area contributed by atoms with Gasteiger partial charge in [-0.1, -0.05) is 11.6 Å². The van der Waals surface area contributed by atoms with Gasteiger partial charge in [-0.25, -0.2) is 0 Å². The van der Waals surface area contributed by atoms with Crippen LogP contribution < -0.4 is 5.32 Å². The molecule has 1 aliphatic rings. The Hall–Kier alpha value is -1.74. The van der Waals surface area contributed by atoms with Gasteiger partial charge < -0.3 is 10.1 Å². The van der Waals surface area contributed by atoms with Crippen molar-refractivity contribution in [1.29, 1.82) is 0 Å². The maximum Gasteiger partial charge on any atom is 0.240 e. The van der Waals surface area contributed by atoms with Gasteiger partial charge in [0.25, 0.3) is 0 Å². The van der Waals surface area contributed by atoms with Crippen LogP contribution in [0.2, 0.25) is 5.02 Å². The van der Waals surface area contributed by atoms with Crippen LogP contribution in [0.1, 0.15) is 6.92 Å². The number of hydrogen-bond donors (Lipinski definition) is 2. The van der Waals surface area contributed by atoms with E-state index in [4.69, 9.17) is 28.6 Å². The number of aromatic nitrogens is 3. The highest BCUT2D eigenvalue weighted by Crippen LogP contribution is 2.19. The average Bonchev–Trinajstić information content (AvgIpc) is 2.97. The molecular weight excluding hydrogens is 374 g/mol. The maximum absolute atomic E-state index is 12.5. The number of nitrogens with zero attached hydrogens (tertiary/aromatic N) is 3. The molecule has 1 fully saturated rings. The summed E-state index contributed by atoms with van der Waals surface area (Å²) in [6.07, 6.45) is 0. The summed E-state index contributed by atoms with van der Waals surface area (Å²) in [5, 5.41) is 10.7. The zero-order valence-corrected chi connectivity index (χ0v) is 16.1. The average molecular weight is 396 g/mol. The lowest BCUT2D eigenvalue weighted by atomic mass is 10.2. The molecule has 2 aromatic rings. The van der Waals surface area contributed by atoms with E-state index < -0.39 is 0 Å². The number of morpholine rings is 1. The summed E-state index contributed by atoms with van der Waals surface area (Å²) in [4.78, 5) is 14.8. The molecule has 2 heterocycles. The SMILES string of the molecule is CC(CN1CCOCC1)NC(=O)Cn1c(-c2ccc(Cl)cc2)n[nH]c1=S. The van der Waals surface area contributed by atoms with E-state index >= 15 is 0 Å². The first kappa shape index (κ1) is 19.0. The summed E-state index contributed by atoms with van der Waals surface area (Å²) in [6.45, 7) is 6.20. The summed E-state index contributed by atoms with van der Waals surface area (Å²) in [7, 11) is 0. The molecule has 26 heavy (non-hydrogen) atoms. The fraction of sp³-hybridized carbons (Fsp3) is 0.471. The molecule has 1 amide bonds. The van der Waals surface area contributed by atoms with Gasteiger partial charge in [0.05, 0.1) is 13.2 Å². The van der Waals surface area contributed by atoms with Crippen molar-refractivity contribution in [2.24, 2.45) is 0 Å². The van der Waals surface area contributed by atoms with Crippen LogP contribution in [-0.4, -0.2) is 64.5 Å². The Bertz CT molecular complexity index is 798. The van der Waals surface area contributed by atoms with Crippen molar-refractivity contribution in [3.8, 4) is 11.4 Å². The van der Waals surface area contributed by atoms with Crippen LogP contribution in [0.5, 0.6) is 0 Å². The summed E-state index contributed by atoms with van der Waals surface area (Å²) < 4.78 is 7.44. The van der Waals surface area contributed by atoms with Crippen LogP contribution in [-0.2, 0) is 16.1 Å². The molecule has 3 rings (SSSR count). The van der Waals surface area contributed by atoms with Crippen molar-refractivity contribution in [2.75, 3.05) is 32.8 Å². The molecule has 1 atom stereocenters. The van der Waals surface area contributed by atoms with Gasteiger partial charge in [0.2, 0.25) is 5.91 Å². The molecule has 140 valence electrons. The molecule has 0 aliphatic carbocycles. The van der Waals surface area contributed by atoms with E-state index in [2.05, 4.69) is 20.4 Å². The standard InChI is InChI=1S/C17H22ClN5O2S/c1-12(10-22-6-8-25-9-7-22)19-15(24)11-23-16(20-21-17(23)26)13-2-4-14(18)5-3-13/h2-5,12H,6-11H2,1H3,(H,19,24)(H,21,26). The number of hydrogen-bond acceptors (Lipinski definition) is 5. The Labute approximate surface area is 162 Å². The minimum atomic E-state index is -0.0986. The second kappa shape index (κ2) is 8.77. The Kier molecular flexibility index (Phi) is 6.42. The lowest BCUT2D eigenvalue weighted by Gasteiger charge is -2.29. The Balaban J connectivity index is 1.63.